The van der Waals surface area contributed by atoms with E-state index < -0.39 is 0 Å². The van der Waals surface area contributed by atoms with E-state index in [0.29, 0.717) is 0 Å². The van der Waals surface area contributed by atoms with Crippen LogP contribution in [0.1, 0.15) is 18.2 Å². The lowest BCUT2D eigenvalue weighted by Crippen LogP contribution is -2.12. The molecule has 0 aliphatic carbocycles. The number of nitrogens with zero attached hydrogens (tertiary/aromatic N) is 2. The van der Waals surface area contributed by atoms with Crippen molar-refractivity contribution >= 4 is 11.6 Å². The van der Waals surface area contributed by atoms with Gasteiger partial charge in [0, 0.05) is 17.8 Å². The Morgan fingerprint density at radius 3 is 2.88 bits per heavy atom. The molecule has 1 aromatic heterocycles. The third-order valence-corrected chi connectivity index (χ3v) is 2.84. The minimum atomic E-state index is 0.756. The largest absolute Gasteiger partial charge is 0.311 e. The van der Waals surface area contributed by atoms with Crippen molar-refractivity contribution in [3.8, 4) is 5.69 Å². The second kappa shape index (κ2) is 5.34. The molecule has 0 saturated carbocycles. The maximum atomic E-state index is 5.94. The summed E-state index contributed by atoms with van der Waals surface area (Å²) in [6.45, 7) is 5.87. The Balaban J connectivity index is 2.24. The average molecular weight is 250 g/mol. The number of hydrogen-bond acceptors (Lipinski definition) is 2. The van der Waals surface area contributed by atoms with Crippen LogP contribution >= 0.6 is 11.6 Å². The Kier molecular flexibility index (Phi) is 3.82. The Morgan fingerprint density at radius 2 is 2.18 bits per heavy atom. The van der Waals surface area contributed by atoms with Crippen LogP contribution in [0.15, 0.2) is 30.5 Å². The minimum Gasteiger partial charge on any atom is -0.311 e. The van der Waals surface area contributed by atoms with E-state index in [1.165, 1.54) is 0 Å². The molecule has 3 nitrogen and oxygen atoms in total. The topological polar surface area (TPSA) is 29.9 Å². The van der Waals surface area contributed by atoms with Gasteiger partial charge in [-0.15, -0.1) is 0 Å². The van der Waals surface area contributed by atoms with Gasteiger partial charge >= 0.3 is 0 Å². The van der Waals surface area contributed by atoms with E-state index in [-0.39, 0.29) is 0 Å². The van der Waals surface area contributed by atoms with Crippen LogP contribution < -0.4 is 5.32 Å². The van der Waals surface area contributed by atoms with Gasteiger partial charge in [0.25, 0.3) is 0 Å². The fourth-order valence-electron chi connectivity index (χ4n) is 1.72. The summed E-state index contributed by atoms with van der Waals surface area (Å²) in [6, 6.07) is 7.84. The summed E-state index contributed by atoms with van der Waals surface area (Å²) >= 11 is 5.94. The van der Waals surface area contributed by atoms with Gasteiger partial charge in [0.1, 0.15) is 0 Å². The zero-order valence-corrected chi connectivity index (χ0v) is 10.8. The van der Waals surface area contributed by atoms with Crippen LogP contribution in [0.5, 0.6) is 0 Å². The minimum absolute atomic E-state index is 0.756. The van der Waals surface area contributed by atoms with Gasteiger partial charge in [-0.1, -0.05) is 18.5 Å². The van der Waals surface area contributed by atoms with E-state index in [0.717, 1.165) is 35.1 Å². The highest BCUT2D eigenvalue weighted by molar-refractivity contribution is 6.30. The van der Waals surface area contributed by atoms with Crippen molar-refractivity contribution in [2.24, 2.45) is 0 Å². The number of rotatable bonds is 4. The van der Waals surface area contributed by atoms with Crippen LogP contribution in [-0.4, -0.2) is 16.3 Å². The van der Waals surface area contributed by atoms with Gasteiger partial charge in [-0.2, -0.15) is 5.10 Å². The van der Waals surface area contributed by atoms with Crippen molar-refractivity contribution in [1.29, 1.82) is 0 Å². The van der Waals surface area contributed by atoms with Crippen molar-refractivity contribution in [3.63, 3.8) is 0 Å². The molecular formula is C13H16ClN3. The molecule has 0 atom stereocenters. The van der Waals surface area contributed by atoms with Crippen LogP contribution in [0.4, 0.5) is 0 Å². The van der Waals surface area contributed by atoms with Crippen molar-refractivity contribution in [3.05, 3.63) is 46.7 Å². The third-order valence-electron chi connectivity index (χ3n) is 2.61. The first kappa shape index (κ1) is 12.1. The van der Waals surface area contributed by atoms with E-state index in [2.05, 4.69) is 17.3 Å². The van der Waals surface area contributed by atoms with Crippen LogP contribution in [-0.2, 0) is 6.54 Å². The summed E-state index contributed by atoms with van der Waals surface area (Å²) in [5.74, 6) is 0. The van der Waals surface area contributed by atoms with E-state index in [1.54, 1.807) is 0 Å². The number of hydrogen-bond donors (Lipinski definition) is 1. The molecule has 2 aromatic rings. The first-order valence-corrected chi connectivity index (χ1v) is 6.10. The number of benzene rings is 1. The van der Waals surface area contributed by atoms with Gasteiger partial charge in [-0.3, -0.25) is 0 Å². The average Bonchev–Trinajstić information content (AvgIpc) is 2.75. The van der Waals surface area contributed by atoms with Crippen LogP contribution in [0.3, 0.4) is 0 Å². The Bertz CT molecular complexity index is 505. The van der Waals surface area contributed by atoms with Crippen LogP contribution in [0, 0.1) is 6.92 Å². The molecule has 1 heterocycles. The Hall–Kier alpha value is -1.32. The second-order valence-corrected chi connectivity index (χ2v) is 4.40. The summed E-state index contributed by atoms with van der Waals surface area (Å²) < 4.78 is 1.89. The van der Waals surface area contributed by atoms with Gasteiger partial charge in [0.15, 0.2) is 0 Å². The van der Waals surface area contributed by atoms with Crippen LogP contribution in [0.25, 0.3) is 5.69 Å². The fraction of sp³-hybridized carbons (Fsp3) is 0.308. The molecule has 2 rings (SSSR count). The molecule has 0 saturated heterocycles. The van der Waals surface area contributed by atoms with Crippen molar-refractivity contribution in [2.75, 3.05) is 6.54 Å². The highest BCUT2D eigenvalue weighted by Gasteiger charge is 2.04. The maximum Gasteiger partial charge on any atom is 0.0766 e. The fourth-order valence-corrected chi connectivity index (χ4v) is 1.95. The zero-order chi connectivity index (χ0) is 12.3. The molecule has 1 aromatic carbocycles. The van der Waals surface area contributed by atoms with Gasteiger partial charge in [-0.25, -0.2) is 4.68 Å². The zero-order valence-electron chi connectivity index (χ0n) is 10.1. The number of nitrogens with one attached hydrogen (secondary N) is 1. The predicted molar refractivity (Wildman–Crippen MR) is 70.7 cm³/mol. The quantitative estimate of drug-likeness (QED) is 0.903. The van der Waals surface area contributed by atoms with E-state index in [4.69, 9.17) is 11.6 Å². The molecule has 90 valence electrons. The van der Waals surface area contributed by atoms with Crippen molar-refractivity contribution in [1.82, 2.24) is 15.1 Å². The van der Waals surface area contributed by atoms with Gasteiger partial charge in [0.05, 0.1) is 11.4 Å². The third kappa shape index (κ3) is 2.87. The molecule has 0 spiro atoms. The highest BCUT2D eigenvalue weighted by atomic mass is 35.5. The SMILES string of the molecule is CCNCc1ccn(-c2ccc(Cl)cc2C)n1. The summed E-state index contributed by atoms with van der Waals surface area (Å²) in [4.78, 5) is 0. The lowest BCUT2D eigenvalue weighted by molar-refractivity contribution is 0.696. The molecule has 0 unspecified atom stereocenters. The first-order chi connectivity index (χ1) is 8.20. The summed E-state index contributed by atoms with van der Waals surface area (Å²) in [6.07, 6.45) is 1.98. The molecule has 0 amide bonds. The molecule has 0 bridgehead atoms. The molecule has 4 heteroatoms. The summed E-state index contributed by atoms with van der Waals surface area (Å²) in [5, 5.41) is 8.53. The first-order valence-electron chi connectivity index (χ1n) is 5.72. The normalized spacial score (nSPS) is 10.8. The molecule has 0 aliphatic heterocycles. The summed E-state index contributed by atoms with van der Waals surface area (Å²) in [5.41, 5.74) is 3.23. The van der Waals surface area contributed by atoms with Crippen LogP contribution in [0.2, 0.25) is 5.02 Å². The monoisotopic (exact) mass is 249 g/mol. The maximum absolute atomic E-state index is 5.94. The molecular weight excluding hydrogens is 234 g/mol. The number of aromatic nitrogens is 2. The van der Waals surface area contributed by atoms with E-state index in [9.17, 15) is 0 Å². The van der Waals surface area contributed by atoms with Gasteiger partial charge < -0.3 is 5.32 Å². The van der Waals surface area contributed by atoms with Crippen molar-refractivity contribution in [2.45, 2.75) is 20.4 Å². The number of aryl methyl sites for hydroxylation is 1. The van der Waals surface area contributed by atoms with E-state index in [1.807, 2.05) is 42.1 Å². The molecule has 0 fully saturated rings. The second-order valence-electron chi connectivity index (χ2n) is 3.96. The van der Waals surface area contributed by atoms with Gasteiger partial charge in [-0.05, 0) is 43.3 Å². The Morgan fingerprint density at radius 1 is 1.35 bits per heavy atom. The summed E-state index contributed by atoms with van der Waals surface area (Å²) in [7, 11) is 0. The molecule has 17 heavy (non-hydrogen) atoms. The predicted octanol–water partition coefficient (Wildman–Crippen LogP) is 2.94. The number of halogens is 1. The van der Waals surface area contributed by atoms with Crippen molar-refractivity contribution < 1.29 is 0 Å². The van der Waals surface area contributed by atoms with E-state index >= 15 is 0 Å². The highest BCUT2D eigenvalue weighted by Crippen LogP contribution is 2.18. The van der Waals surface area contributed by atoms with Gasteiger partial charge in [0.2, 0.25) is 0 Å². The molecule has 1 N–H and O–H groups in total. The standard InChI is InChI=1S/C13H16ClN3/c1-3-15-9-12-6-7-17(16-12)13-5-4-11(14)8-10(13)2/h4-8,15H,3,9H2,1-2H3. The molecule has 0 radical (unpaired) electrons. The molecule has 0 aliphatic rings. The lowest BCUT2D eigenvalue weighted by atomic mass is 10.2. The Labute approximate surface area is 106 Å². The lowest BCUT2D eigenvalue weighted by Gasteiger charge is -2.06. The smallest absolute Gasteiger partial charge is 0.0766 e.